The Balaban J connectivity index is 1.83. The van der Waals surface area contributed by atoms with Gasteiger partial charge in [-0.25, -0.2) is 4.39 Å². The summed E-state index contributed by atoms with van der Waals surface area (Å²) in [6.45, 7) is 2.86. The first-order chi connectivity index (χ1) is 9.18. The first kappa shape index (κ1) is 13.3. The van der Waals surface area contributed by atoms with E-state index >= 15 is 0 Å². The third-order valence-corrected chi connectivity index (χ3v) is 2.85. The van der Waals surface area contributed by atoms with Crippen LogP contribution in [0.5, 0.6) is 0 Å². The van der Waals surface area contributed by atoms with Crippen molar-refractivity contribution >= 4 is 5.91 Å². The Hall–Kier alpha value is -2.17. The van der Waals surface area contributed by atoms with Crippen molar-refractivity contribution in [1.82, 2.24) is 15.1 Å². The Morgan fingerprint density at radius 3 is 3.00 bits per heavy atom. The van der Waals surface area contributed by atoms with E-state index in [4.69, 9.17) is 0 Å². The van der Waals surface area contributed by atoms with Gasteiger partial charge in [0.2, 0.25) is 0 Å². The lowest BCUT2D eigenvalue weighted by Gasteiger charge is -2.07. The molecule has 5 heteroatoms. The van der Waals surface area contributed by atoms with Gasteiger partial charge in [0, 0.05) is 25.5 Å². The Morgan fingerprint density at radius 1 is 1.42 bits per heavy atom. The number of rotatable bonds is 5. The number of amides is 1. The molecule has 2 aromatic rings. The lowest BCUT2D eigenvalue weighted by atomic mass is 10.1. The highest BCUT2D eigenvalue weighted by molar-refractivity contribution is 5.94. The summed E-state index contributed by atoms with van der Waals surface area (Å²) in [6, 6.07) is 6.66. The van der Waals surface area contributed by atoms with Gasteiger partial charge in [0.1, 0.15) is 5.82 Å². The van der Waals surface area contributed by atoms with Gasteiger partial charge in [0.05, 0.1) is 5.56 Å². The summed E-state index contributed by atoms with van der Waals surface area (Å²) in [5, 5.41) is 6.77. The van der Waals surface area contributed by atoms with Crippen LogP contribution in [0.25, 0.3) is 0 Å². The van der Waals surface area contributed by atoms with E-state index in [1.165, 1.54) is 6.07 Å². The molecule has 0 unspecified atom stereocenters. The van der Waals surface area contributed by atoms with Gasteiger partial charge < -0.3 is 5.32 Å². The molecule has 0 aliphatic heterocycles. The molecule has 0 atom stereocenters. The number of aryl methyl sites for hydroxylation is 2. The van der Waals surface area contributed by atoms with Crippen molar-refractivity contribution in [2.75, 3.05) is 6.54 Å². The molecule has 0 fully saturated rings. The van der Waals surface area contributed by atoms with Crippen molar-refractivity contribution in [1.29, 1.82) is 0 Å². The van der Waals surface area contributed by atoms with Gasteiger partial charge in [-0.3, -0.25) is 9.48 Å². The maximum absolute atomic E-state index is 13.7. The van der Waals surface area contributed by atoms with Crippen molar-refractivity contribution < 1.29 is 9.18 Å². The highest BCUT2D eigenvalue weighted by Crippen LogP contribution is 2.11. The molecule has 0 saturated carbocycles. The van der Waals surface area contributed by atoms with Crippen LogP contribution in [0.15, 0.2) is 36.7 Å². The van der Waals surface area contributed by atoms with Crippen LogP contribution in [0.2, 0.25) is 0 Å². The molecule has 100 valence electrons. The lowest BCUT2D eigenvalue weighted by molar-refractivity contribution is 0.0948. The zero-order valence-corrected chi connectivity index (χ0v) is 10.8. The quantitative estimate of drug-likeness (QED) is 0.838. The van der Waals surface area contributed by atoms with Crippen LogP contribution in [-0.2, 0) is 6.54 Å². The molecule has 0 radical (unpaired) electrons. The summed E-state index contributed by atoms with van der Waals surface area (Å²) in [5.41, 5.74) is 0.572. The number of carbonyl (C=O) groups is 1. The lowest BCUT2D eigenvalue weighted by Crippen LogP contribution is -2.26. The van der Waals surface area contributed by atoms with E-state index in [0.29, 0.717) is 12.1 Å². The van der Waals surface area contributed by atoms with Crippen LogP contribution < -0.4 is 5.32 Å². The van der Waals surface area contributed by atoms with Crippen LogP contribution in [-0.4, -0.2) is 22.2 Å². The molecule has 0 aliphatic rings. The Labute approximate surface area is 111 Å². The number of nitrogens with zero attached hydrogens (tertiary/aromatic N) is 2. The second-order valence-electron chi connectivity index (χ2n) is 4.32. The van der Waals surface area contributed by atoms with E-state index < -0.39 is 5.82 Å². The summed E-state index contributed by atoms with van der Waals surface area (Å²) in [5.74, 6) is -0.825. The Bertz CT molecular complexity index is 552. The van der Waals surface area contributed by atoms with E-state index in [1.807, 2.05) is 12.3 Å². The molecule has 0 spiro atoms. The SMILES string of the molecule is Cc1cccc(C(=O)NCCCn2cccn2)c1F. The Kier molecular flexibility index (Phi) is 4.28. The molecule has 0 bridgehead atoms. The van der Waals surface area contributed by atoms with Crippen molar-refractivity contribution in [3.8, 4) is 0 Å². The fourth-order valence-electron chi connectivity index (χ4n) is 1.79. The predicted molar refractivity (Wildman–Crippen MR) is 70.3 cm³/mol. The van der Waals surface area contributed by atoms with Crippen molar-refractivity contribution in [2.45, 2.75) is 19.9 Å². The molecule has 0 saturated heterocycles. The van der Waals surface area contributed by atoms with Gasteiger partial charge in [-0.1, -0.05) is 12.1 Å². The predicted octanol–water partition coefficient (Wildman–Crippen LogP) is 2.15. The van der Waals surface area contributed by atoms with Gasteiger partial charge in [0.25, 0.3) is 5.91 Å². The first-order valence-corrected chi connectivity index (χ1v) is 6.19. The number of hydrogen-bond donors (Lipinski definition) is 1. The number of benzene rings is 1. The summed E-state index contributed by atoms with van der Waals surface area (Å²) < 4.78 is 15.5. The van der Waals surface area contributed by atoms with Crippen LogP contribution in [0.3, 0.4) is 0 Å². The third-order valence-electron chi connectivity index (χ3n) is 2.85. The van der Waals surface area contributed by atoms with Crippen LogP contribution in [0.1, 0.15) is 22.3 Å². The number of aromatic nitrogens is 2. The number of nitrogens with one attached hydrogen (secondary N) is 1. The molecule has 1 heterocycles. The first-order valence-electron chi connectivity index (χ1n) is 6.19. The number of halogens is 1. The minimum atomic E-state index is -0.452. The van der Waals surface area contributed by atoms with Gasteiger partial charge in [-0.15, -0.1) is 0 Å². The summed E-state index contributed by atoms with van der Waals surface area (Å²) in [4.78, 5) is 11.8. The minimum absolute atomic E-state index is 0.0964. The molecule has 2 rings (SSSR count). The van der Waals surface area contributed by atoms with E-state index in [1.54, 1.807) is 29.9 Å². The maximum Gasteiger partial charge on any atom is 0.254 e. The third kappa shape index (κ3) is 3.40. The zero-order chi connectivity index (χ0) is 13.7. The molecule has 0 aliphatic carbocycles. The van der Waals surface area contributed by atoms with Crippen LogP contribution in [0.4, 0.5) is 4.39 Å². The number of carbonyl (C=O) groups excluding carboxylic acids is 1. The molecular formula is C14H16FN3O. The molecule has 1 amide bonds. The normalized spacial score (nSPS) is 10.4. The largest absolute Gasteiger partial charge is 0.352 e. The zero-order valence-electron chi connectivity index (χ0n) is 10.8. The second-order valence-corrected chi connectivity index (χ2v) is 4.32. The smallest absolute Gasteiger partial charge is 0.254 e. The van der Waals surface area contributed by atoms with E-state index in [9.17, 15) is 9.18 Å². The maximum atomic E-state index is 13.7. The van der Waals surface area contributed by atoms with Crippen LogP contribution >= 0.6 is 0 Å². The summed E-state index contributed by atoms with van der Waals surface area (Å²) in [6.07, 6.45) is 4.32. The monoisotopic (exact) mass is 261 g/mol. The van der Waals surface area contributed by atoms with Gasteiger partial charge in [-0.05, 0) is 31.0 Å². The minimum Gasteiger partial charge on any atom is -0.352 e. The molecule has 1 aromatic carbocycles. The van der Waals surface area contributed by atoms with Gasteiger partial charge >= 0.3 is 0 Å². The van der Waals surface area contributed by atoms with E-state index in [-0.39, 0.29) is 11.5 Å². The standard InChI is InChI=1S/C14H16FN3O/c1-11-5-2-6-12(13(11)15)14(19)16-7-3-9-18-10-4-8-17-18/h2,4-6,8,10H,3,7,9H2,1H3,(H,16,19). The van der Waals surface area contributed by atoms with Crippen molar-refractivity contribution in [3.05, 3.63) is 53.6 Å². The summed E-state index contributed by atoms with van der Waals surface area (Å²) in [7, 11) is 0. The van der Waals surface area contributed by atoms with Crippen molar-refractivity contribution in [3.63, 3.8) is 0 Å². The molecule has 1 N–H and O–H groups in total. The topological polar surface area (TPSA) is 46.9 Å². The molecular weight excluding hydrogens is 245 g/mol. The van der Waals surface area contributed by atoms with E-state index in [2.05, 4.69) is 10.4 Å². The fraction of sp³-hybridized carbons (Fsp3) is 0.286. The molecule has 1 aromatic heterocycles. The molecule has 4 nitrogen and oxygen atoms in total. The van der Waals surface area contributed by atoms with Crippen LogP contribution in [0, 0.1) is 12.7 Å². The van der Waals surface area contributed by atoms with Crippen molar-refractivity contribution in [2.24, 2.45) is 0 Å². The second kappa shape index (κ2) is 6.13. The average molecular weight is 261 g/mol. The summed E-state index contributed by atoms with van der Waals surface area (Å²) >= 11 is 0. The fourth-order valence-corrected chi connectivity index (χ4v) is 1.79. The molecule has 19 heavy (non-hydrogen) atoms. The number of hydrogen-bond acceptors (Lipinski definition) is 2. The van der Waals surface area contributed by atoms with Gasteiger partial charge in [-0.2, -0.15) is 5.10 Å². The van der Waals surface area contributed by atoms with Gasteiger partial charge in [0.15, 0.2) is 0 Å². The average Bonchev–Trinajstić information content (AvgIpc) is 2.91. The Morgan fingerprint density at radius 2 is 2.26 bits per heavy atom. The highest BCUT2D eigenvalue weighted by atomic mass is 19.1. The van der Waals surface area contributed by atoms with E-state index in [0.717, 1.165) is 13.0 Å². The highest BCUT2D eigenvalue weighted by Gasteiger charge is 2.12.